The van der Waals surface area contributed by atoms with Gasteiger partial charge in [0.1, 0.15) is 0 Å². The van der Waals surface area contributed by atoms with Crippen LogP contribution in [0.3, 0.4) is 0 Å². The predicted octanol–water partition coefficient (Wildman–Crippen LogP) is 5.80. The minimum Gasteiger partial charge on any atom is -0.352 e. The molecular formula is C30H31N5OS. The lowest BCUT2D eigenvalue weighted by molar-refractivity contribution is -0.116. The highest BCUT2D eigenvalue weighted by Gasteiger charge is 2.41. The average Bonchev–Trinajstić information content (AvgIpc) is 3.39. The summed E-state index contributed by atoms with van der Waals surface area (Å²) < 4.78 is 2.27. The number of aromatic nitrogens is 2. The van der Waals surface area contributed by atoms with Gasteiger partial charge in [0.15, 0.2) is 5.11 Å². The van der Waals surface area contributed by atoms with E-state index in [2.05, 4.69) is 69.3 Å². The molecule has 7 heteroatoms. The standard InChI is InChI=1S/C30H31N5OS/c1-20-11-7-8-14-25(20)32-27(36)16-18-34-29(28(33-30(34)37)26-15-9-10-17-31-26)24-19-21(2)35(22(24)3)23-12-5-4-6-13-23/h4-15,17,19,28-29H,16,18H2,1-3H3,(H,32,36)(H,33,37). The lowest BCUT2D eigenvalue weighted by Gasteiger charge is -2.28. The number of hydrogen-bond acceptors (Lipinski definition) is 3. The van der Waals surface area contributed by atoms with Gasteiger partial charge >= 0.3 is 0 Å². The Bertz CT molecular complexity index is 1420. The fraction of sp³-hybridized carbons (Fsp3) is 0.233. The van der Waals surface area contributed by atoms with Crippen LogP contribution in [0.5, 0.6) is 0 Å². The number of rotatable bonds is 7. The Balaban J connectivity index is 1.47. The van der Waals surface area contributed by atoms with Gasteiger partial charge in [-0.2, -0.15) is 0 Å². The summed E-state index contributed by atoms with van der Waals surface area (Å²) in [5.74, 6) is -0.0353. The zero-order chi connectivity index (χ0) is 25.9. The van der Waals surface area contributed by atoms with Crippen molar-refractivity contribution < 1.29 is 4.79 Å². The maximum Gasteiger partial charge on any atom is 0.226 e. The first-order valence-corrected chi connectivity index (χ1v) is 12.9. The predicted molar refractivity (Wildman–Crippen MR) is 152 cm³/mol. The molecule has 1 aliphatic rings. The summed E-state index contributed by atoms with van der Waals surface area (Å²) in [5.41, 5.74) is 7.38. The molecule has 1 fully saturated rings. The molecule has 2 N–H and O–H groups in total. The molecule has 2 aromatic carbocycles. The normalized spacial score (nSPS) is 17.1. The second-order valence-electron chi connectivity index (χ2n) is 9.43. The van der Waals surface area contributed by atoms with E-state index in [1.807, 2.05) is 61.7 Å². The van der Waals surface area contributed by atoms with E-state index in [4.69, 9.17) is 12.2 Å². The molecule has 1 saturated heterocycles. The van der Waals surface area contributed by atoms with Gasteiger partial charge in [-0.25, -0.2) is 0 Å². The number of carbonyl (C=O) groups excluding carboxylic acids is 1. The van der Waals surface area contributed by atoms with E-state index in [1.165, 1.54) is 5.56 Å². The number of amides is 1. The van der Waals surface area contributed by atoms with Gasteiger partial charge < -0.3 is 20.1 Å². The molecule has 0 spiro atoms. The van der Waals surface area contributed by atoms with Gasteiger partial charge in [0, 0.05) is 41.9 Å². The first-order valence-electron chi connectivity index (χ1n) is 12.5. The van der Waals surface area contributed by atoms with Gasteiger partial charge in [0.2, 0.25) is 5.91 Å². The molecule has 3 heterocycles. The Kier molecular flexibility index (Phi) is 7.06. The largest absolute Gasteiger partial charge is 0.352 e. The molecule has 37 heavy (non-hydrogen) atoms. The van der Waals surface area contributed by atoms with Gasteiger partial charge in [-0.15, -0.1) is 0 Å². The van der Waals surface area contributed by atoms with Crippen molar-refractivity contribution in [3.05, 3.63) is 113 Å². The fourth-order valence-electron chi connectivity index (χ4n) is 5.19. The maximum absolute atomic E-state index is 12.9. The quantitative estimate of drug-likeness (QED) is 0.309. The van der Waals surface area contributed by atoms with E-state index >= 15 is 0 Å². The van der Waals surface area contributed by atoms with E-state index in [0.717, 1.165) is 34.0 Å². The van der Waals surface area contributed by atoms with Crippen LogP contribution < -0.4 is 10.6 Å². The summed E-state index contributed by atoms with van der Waals surface area (Å²) >= 11 is 5.82. The third-order valence-corrected chi connectivity index (χ3v) is 7.35. The molecule has 0 bridgehead atoms. The van der Waals surface area contributed by atoms with Gasteiger partial charge in [0.25, 0.3) is 0 Å². The first-order chi connectivity index (χ1) is 17.9. The molecule has 0 radical (unpaired) electrons. The number of hydrogen-bond donors (Lipinski definition) is 2. The molecule has 6 nitrogen and oxygen atoms in total. The first kappa shape index (κ1) is 24.7. The Morgan fingerprint density at radius 1 is 1.00 bits per heavy atom. The molecule has 5 rings (SSSR count). The summed E-state index contributed by atoms with van der Waals surface area (Å²) in [6.45, 7) is 6.76. The van der Waals surface area contributed by atoms with Crippen LogP contribution in [0.25, 0.3) is 5.69 Å². The van der Waals surface area contributed by atoms with Crippen molar-refractivity contribution in [3.63, 3.8) is 0 Å². The molecule has 0 aliphatic carbocycles. The number of anilines is 1. The van der Waals surface area contributed by atoms with Crippen molar-refractivity contribution >= 4 is 28.9 Å². The Hall–Kier alpha value is -3.97. The third kappa shape index (κ3) is 5.00. The minimum absolute atomic E-state index is 0.0353. The molecule has 1 amide bonds. The summed E-state index contributed by atoms with van der Waals surface area (Å²) in [6, 6.07) is 26.1. The zero-order valence-electron chi connectivity index (χ0n) is 21.3. The Morgan fingerprint density at radius 2 is 1.73 bits per heavy atom. The van der Waals surface area contributed by atoms with Crippen LogP contribution in [0.1, 0.15) is 46.7 Å². The highest BCUT2D eigenvalue weighted by Crippen LogP contribution is 2.41. The average molecular weight is 510 g/mol. The van der Waals surface area contributed by atoms with Crippen LogP contribution in [0, 0.1) is 20.8 Å². The lowest BCUT2D eigenvalue weighted by atomic mass is 9.96. The number of para-hydroxylation sites is 2. The molecule has 2 unspecified atom stereocenters. The van der Waals surface area contributed by atoms with Gasteiger partial charge in [-0.05, 0) is 80.5 Å². The molecule has 4 aromatic rings. The van der Waals surface area contributed by atoms with Crippen molar-refractivity contribution in [2.75, 3.05) is 11.9 Å². The van der Waals surface area contributed by atoms with E-state index in [0.29, 0.717) is 18.1 Å². The summed E-state index contributed by atoms with van der Waals surface area (Å²) in [4.78, 5) is 19.7. The SMILES string of the molecule is Cc1ccccc1NC(=O)CCN1C(=S)NC(c2ccccn2)C1c1cc(C)n(-c2ccccc2)c1C. The Labute approximate surface area is 223 Å². The molecule has 2 aromatic heterocycles. The lowest BCUT2D eigenvalue weighted by Crippen LogP contribution is -2.33. The molecule has 188 valence electrons. The molecule has 2 atom stereocenters. The van der Waals surface area contributed by atoms with Crippen molar-refractivity contribution in [3.8, 4) is 5.69 Å². The number of nitrogens with zero attached hydrogens (tertiary/aromatic N) is 3. The Morgan fingerprint density at radius 3 is 2.46 bits per heavy atom. The van der Waals surface area contributed by atoms with Gasteiger partial charge in [0.05, 0.1) is 17.8 Å². The zero-order valence-corrected chi connectivity index (χ0v) is 22.1. The van der Waals surface area contributed by atoms with E-state index in [-0.39, 0.29) is 18.0 Å². The van der Waals surface area contributed by atoms with Crippen LogP contribution in [-0.2, 0) is 4.79 Å². The van der Waals surface area contributed by atoms with Gasteiger partial charge in [-0.3, -0.25) is 9.78 Å². The van der Waals surface area contributed by atoms with Crippen LogP contribution >= 0.6 is 12.2 Å². The highest BCUT2D eigenvalue weighted by atomic mass is 32.1. The summed E-state index contributed by atoms with van der Waals surface area (Å²) in [6.07, 6.45) is 2.13. The topological polar surface area (TPSA) is 62.2 Å². The van der Waals surface area contributed by atoms with Crippen LogP contribution in [0.15, 0.2) is 85.1 Å². The smallest absolute Gasteiger partial charge is 0.226 e. The number of carbonyl (C=O) groups is 1. The van der Waals surface area contributed by atoms with Gasteiger partial charge in [-0.1, -0.05) is 42.5 Å². The highest BCUT2D eigenvalue weighted by molar-refractivity contribution is 7.80. The minimum atomic E-state index is -0.127. The third-order valence-electron chi connectivity index (χ3n) is 7.00. The number of aryl methyl sites for hydroxylation is 2. The molecular weight excluding hydrogens is 478 g/mol. The van der Waals surface area contributed by atoms with E-state index < -0.39 is 0 Å². The van der Waals surface area contributed by atoms with E-state index in [1.54, 1.807) is 0 Å². The second-order valence-corrected chi connectivity index (χ2v) is 9.82. The fourth-order valence-corrected chi connectivity index (χ4v) is 5.53. The van der Waals surface area contributed by atoms with Crippen molar-refractivity contribution in [2.24, 2.45) is 0 Å². The van der Waals surface area contributed by atoms with Crippen molar-refractivity contribution in [2.45, 2.75) is 39.3 Å². The molecule has 0 saturated carbocycles. The van der Waals surface area contributed by atoms with Crippen LogP contribution in [0.4, 0.5) is 5.69 Å². The number of pyridine rings is 1. The maximum atomic E-state index is 12.9. The second kappa shape index (κ2) is 10.6. The van der Waals surface area contributed by atoms with Crippen molar-refractivity contribution in [1.29, 1.82) is 0 Å². The van der Waals surface area contributed by atoms with Crippen LogP contribution in [-0.4, -0.2) is 32.0 Å². The summed E-state index contributed by atoms with van der Waals surface area (Å²) in [7, 11) is 0. The van der Waals surface area contributed by atoms with E-state index in [9.17, 15) is 4.79 Å². The monoisotopic (exact) mass is 509 g/mol. The number of thiocarbonyl (C=S) groups is 1. The number of benzene rings is 2. The molecule has 1 aliphatic heterocycles. The van der Waals surface area contributed by atoms with Crippen LogP contribution in [0.2, 0.25) is 0 Å². The van der Waals surface area contributed by atoms with Crippen molar-refractivity contribution in [1.82, 2.24) is 19.8 Å². The summed E-state index contributed by atoms with van der Waals surface area (Å²) in [5, 5.41) is 7.18. The number of nitrogens with one attached hydrogen (secondary N) is 2.